The summed E-state index contributed by atoms with van der Waals surface area (Å²) in [5.41, 5.74) is -0.318. The van der Waals surface area contributed by atoms with Crippen LogP contribution in [0.25, 0.3) is 32.1 Å². The van der Waals surface area contributed by atoms with Crippen LogP contribution in [-0.4, -0.2) is 50.3 Å². The van der Waals surface area contributed by atoms with Gasteiger partial charge in [-0.05, 0) is 42.5 Å². The zero-order chi connectivity index (χ0) is 38.0. The topological polar surface area (TPSA) is 160 Å². The Labute approximate surface area is 307 Å². The molecule has 0 fully saturated rings. The summed E-state index contributed by atoms with van der Waals surface area (Å²) in [6.07, 6.45) is 0. The number of benzene rings is 2. The first-order valence-corrected chi connectivity index (χ1v) is 16.8. The SMILES string of the molecule is C=C(O)c1cc2sc(N(C)C(=O)c3ccc(Cl)cc3OC)cc2oc1=O.C=C(O)c1cc2sc(N(C)C(=O)c3ccc(F)cc3OC)cc2oc1=O. The summed E-state index contributed by atoms with van der Waals surface area (Å²) < 4.78 is 35.1. The fraction of sp³-hybridized carbons (Fsp3) is 0.111. The van der Waals surface area contributed by atoms with E-state index in [0.29, 0.717) is 41.3 Å². The Morgan fingerprint density at radius 1 is 0.712 bits per heavy atom. The fourth-order valence-electron chi connectivity index (χ4n) is 4.78. The second-order valence-electron chi connectivity index (χ2n) is 10.8. The van der Waals surface area contributed by atoms with Gasteiger partial charge < -0.3 is 38.3 Å². The minimum atomic E-state index is -0.719. The van der Waals surface area contributed by atoms with Crippen molar-refractivity contribution in [2.24, 2.45) is 0 Å². The smallest absolute Gasteiger partial charge is 0.347 e. The van der Waals surface area contributed by atoms with Crippen molar-refractivity contribution in [3.05, 3.63) is 128 Å². The van der Waals surface area contributed by atoms with E-state index in [4.69, 9.17) is 29.9 Å². The van der Waals surface area contributed by atoms with E-state index >= 15 is 0 Å². The van der Waals surface area contributed by atoms with Crippen LogP contribution in [0.1, 0.15) is 31.8 Å². The number of carbonyl (C=O) groups is 2. The highest BCUT2D eigenvalue weighted by atomic mass is 35.5. The summed E-state index contributed by atoms with van der Waals surface area (Å²) in [5.74, 6) is -1.51. The maximum atomic E-state index is 13.3. The molecule has 6 rings (SSSR count). The number of rotatable bonds is 8. The number of methoxy groups -OCH3 is 2. The third-order valence-electron chi connectivity index (χ3n) is 7.50. The second kappa shape index (κ2) is 15.1. The molecule has 4 heterocycles. The molecule has 2 aromatic carbocycles. The number of amides is 2. The third-order valence-corrected chi connectivity index (χ3v) is 10.0. The van der Waals surface area contributed by atoms with E-state index in [1.54, 1.807) is 44.4 Å². The van der Waals surface area contributed by atoms with Crippen LogP contribution in [0, 0.1) is 5.82 Å². The number of hydrogen-bond donors (Lipinski definition) is 2. The highest BCUT2D eigenvalue weighted by Crippen LogP contribution is 2.35. The molecule has 0 saturated heterocycles. The van der Waals surface area contributed by atoms with Crippen LogP contribution in [0.2, 0.25) is 5.02 Å². The summed E-state index contributed by atoms with van der Waals surface area (Å²) in [4.78, 5) is 52.0. The minimum Gasteiger partial charge on any atom is -0.508 e. The first-order valence-electron chi connectivity index (χ1n) is 14.8. The number of fused-ring (bicyclic) bond motifs is 2. The Morgan fingerprint density at radius 3 is 1.56 bits per heavy atom. The van der Waals surface area contributed by atoms with E-state index in [9.17, 15) is 33.8 Å². The Bertz CT molecular complexity index is 2350. The number of aliphatic hydroxyl groups excluding tert-OH is 2. The average Bonchev–Trinajstić information content (AvgIpc) is 3.73. The Kier molecular flexibility index (Phi) is 10.9. The Morgan fingerprint density at radius 2 is 1.13 bits per heavy atom. The number of thiophene rings is 2. The monoisotopic (exact) mass is 766 g/mol. The largest absolute Gasteiger partial charge is 0.508 e. The van der Waals surface area contributed by atoms with Gasteiger partial charge in [0.15, 0.2) is 11.2 Å². The number of aliphatic hydroxyl groups is 2. The molecule has 2 N–H and O–H groups in total. The van der Waals surface area contributed by atoms with Crippen LogP contribution in [-0.2, 0) is 0 Å². The standard InChI is InChI=1S/C18H14ClNO5S.C18H14FNO5S/c2*1-9(21)12-7-15-14(25-18(12)23)8-16(26-15)20(2)17(22)11-5-4-10(19)6-13(11)24-3/h2*4-8,21H,1H2,2-3H3. The van der Waals surface area contributed by atoms with E-state index in [2.05, 4.69) is 13.2 Å². The third kappa shape index (κ3) is 7.56. The molecule has 52 heavy (non-hydrogen) atoms. The van der Waals surface area contributed by atoms with Crippen LogP contribution in [0.4, 0.5) is 14.4 Å². The summed E-state index contributed by atoms with van der Waals surface area (Å²) in [6.45, 7) is 6.66. The van der Waals surface area contributed by atoms with Crippen LogP contribution in [0.3, 0.4) is 0 Å². The van der Waals surface area contributed by atoms with Gasteiger partial charge in [0.2, 0.25) is 0 Å². The molecule has 2 amide bonds. The van der Waals surface area contributed by atoms with Gasteiger partial charge in [-0.1, -0.05) is 24.8 Å². The summed E-state index contributed by atoms with van der Waals surface area (Å²) in [5, 5.41) is 20.4. The second-order valence-corrected chi connectivity index (χ2v) is 13.4. The molecule has 6 aromatic rings. The molecule has 0 bridgehead atoms. The van der Waals surface area contributed by atoms with Gasteiger partial charge in [0.25, 0.3) is 11.8 Å². The van der Waals surface area contributed by atoms with E-state index < -0.39 is 28.7 Å². The van der Waals surface area contributed by atoms with Crippen molar-refractivity contribution < 1.29 is 42.5 Å². The fourth-order valence-corrected chi connectivity index (χ4v) is 6.92. The first kappa shape index (κ1) is 37.4. The van der Waals surface area contributed by atoms with Crippen molar-refractivity contribution in [1.29, 1.82) is 0 Å². The van der Waals surface area contributed by atoms with Crippen molar-refractivity contribution in [1.82, 2.24) is 0 Å². The van der Waals surface area contributed by atoms with Gasteiger partial charge in [-0.3, -0.25) is 9.59 Å². The van der Waals surface area contributed by atoms with Crippen LogP contribution < -0.4 is 30.5 Å². The lowest BCUT2D eigenvalue weighted by Gasteiger charge is -2.16. The highest BCUT2D eigenvalue weighted by molar-refractivity contribution is 7.23. The van der Waals surface area contributed by atoms with Gasteiger partial charge in [0, 0.05) is 37.3 Å². The number of hydrogen-bond acceptors (Lipinski definition) is 12. The van der Waals surface area contributed by atoms with Crippen molar-refractivity contribution >= 4 is 88.2 Å². The Balaban J connectivity index is 0.000000201. The molecule has 0 saturated carbocycles. The predicted molar refractivity (Wildman–Crippen MR) is 200 cm³/mol. The van der Waals surface area contributed by atoms with Gasteiger partial charge in [0.05, 0.1) is 34.7 Å². The van der Waals surface area contributed by atoms with Gasteiger partial charge in [-0.15, -0.1) is 22.7 Å². The van der Waals surface area contributed by atoms with Crippen molar-refractivity contribution in [3.8, 4) is 11.5 Å². The lowest BCUT2D eigenvalue weighted by molar-refractivity contribution is 0.0982. The van der Waals surface area contributed by atoms with Gasteiger partial charge in [-0.2, -0.15) is 0 Å². The summed E-state index contributed by atoms with van der Waals surface area (Å²) >= 11 is 8.36. The maximum absolute atomic E-state index is 13.3. The number of carbonyl (C=O) groups excluding carboxylic acids is 2. The number of nitrogens with zero attached hydrogens (tertiary/aromatic N) is 2. The number of ether oxygens (including phenoxy) is 2. The summed E-state index contributed by atoms with van der Waals surface area (Å²) in [7, 11) is 5.95. The molecular formula is C36H28ClFN2O10S2. The van der Waals surface area contributed by atoms with Crippen LogP contribution in [0.5, 0.6) is 11.5 Å². The maximum Gasteiger partial charge on any atom is 0.347 e. The van der Waals surface area contributed by atoms with Crippen LogP contribution in [0.15, 0.2) is 92.2 Å². The zero-order valence-electron chi connectivity index (χ0n) is 27.8. The summed E-state index contributed by atoms with van der Waals surface area (Å²) in [6, 6.07) is 14.5. The molecule has 0 radical (unpaired) electrons. The molecule has 4 aromatic heterocycles. The Hall–Kier alpha value is -5.90. The number of halogens is 2. The average molecular weight is 767 g/mol. The van der Waals surface area contributed by atoms with Crippen LogP contribution >= 0.6 is 34.3 Å². The van der Waals surface area contributed by atoms with Crippen molar-refractivity contribution in [2.75, 3.05) is 38.1 Å². The molecule has 0 aliphatic heterocycles. The lowest BCUT2D eigenvalue weighted by Crippen LogP contribution is -2.25. The van der Waals surface area contributed by atoms with E-state index in [0.717, 1.165) is 6.07 Å². The molecule has 12 nitrogen and oxygen atoms in total. The lowest BCUT2D eigenvalue weighted by atomic mass is 10.1. The van der Waals surface area contributed by atoms with Gasteiger partial charge >= 0.3 is 11.3 Å². The zero-order valence-corrected chi connectivity index (χ0v) is 30.2. The van der Waals surface area contributed by atoms with E-state index in [-0.39, 0.29) is 39.7 Å². The van der Waals surface area contributed by atoms with E-state index in [1.807, 2.05) is 0 Å². The molecular weight excluding hydrogens is 739 g/mol. The molecule has 0 unspecified atom stereocenters. The van der Waals surface area contributed by atoms with Gasteiger partial charge in [-0.25, -0.2) is 14.0 Å². The highest BCUT2D eigenvalue weighted by Gasteiger charge is 2.23. The molecule has 0 aliphatic rings. The number of anilines is 2. The van der Waals surface area contributed by atoms with E-state index in [1.165, 1.54) is 71.0 Å². The minimum absolute atomic E-state index is 0.0146. The van der Waals surface area contributed by atoms with Crippen molar-refractivity contribution in [3.63, 3.8) is 0 Å². The molecule has 0 atom stereocenters. The molecule has 0 aliphatic carbocycles. The van der Waals surface area contributed by atoms with Crippen molar-refractivity contribution in [2.45, 2.75) is 0 Å². The molecule has 268 valence electrons. The first-order chi connectivity index (χ1) is 24.6. The normalized spacial score (nSPS) is 10.7. The predicted octanol–water partition coefficient (Wildman–Crippen LogP) is 8.13. The quantitative estimate of drug-likeness (QED) is 0.145. The molecule has 0 spiro atoms. The molecule has 16 heteroatoms. The van der Waals surface area contributed by atoms with Gasteiger partial charge in [0.1, 0.15) is 50.0 Å².